The van der Waals surface area contributed by atoms with Gasteiger partial charge >= 0.3 is 0 Å². The maximum absolute atomic E-state index is 13.5. The number of sulfonamides is 1. The largest absolute Gasteiger partial charge is 0.299 e. The average molecular weight is 533 g/mol. The molecule has 7 nitrogen and oxygen atoms in total. The summed E-state index contributed by atoms with van der Waals surface area (Å²) in [5.74, 6) is -0.572. The van der Waals surface area contributed by atoms with Crippen LogP contribution in [0.15, 0.2) is 77.7 Å². The summed E-state index contributed by atoms with van der Waals surface area (Å²) in [5, 5.41) is 12.6. The number of halogens is 2. The maximum atomic E-state index is 13.5. The minimum absolute atomic E-state index is 0.0584. The molecule has 0 saturated heterocycles. The number of anilines is 2. The summed E-state index contributed by atoms with van der Waals surface area (Å²) in [7, 11) is -4.05. The summed E-state index contributed by atoms with van der Waals surface area (Å²) in [4.78, 5) is 13.0. The highest BCUT2D eigenvalue weighted by Crippen LogP contribution is 2.31. The van der Waals surface area contributed by atoms with Crippen LogP contribution in [0.2, 0.25) is 10.0 Å². The SMILES string of the molecule is Cc1c(Cl)cccc1N(CC(=O)Nc1nnc(-c2ccc(Cl)cc2)s1)S(=O)(=O)c1ccccc1. The summed E-state index contributed by atoms with van der Waals surface area (Å²) in [6, 6.07) is 19.9. The third-order valence-electron chi connectivity index (χ3n) is 4.89. The van der Waals surface area contributed by atoms with Crippen LogP contribution in [0.4, 0.5) is 10.8 Å². The number of rotatable bonds is 7. The molecule has 1 N–H and O–H groups in total. The van der Waals surface area contributed by atoms with Gasteiger partial charge < -0.3 is 0 Å². The topological polar surface area (TPSA) is 92.3 Å². The highest BCUT2D eigenvalue weighted by Gasteiger charge is 2.29. The normalized spacial score (nSPS) is 11.3. The monoisotopic (exact) mass is 532 g/mol. The van der Waals surface area contributed by atoms with Crippen molar-refractivity contribution in [2.24, 2.45) is 0 Å². The molecule has 0 saturated carbocycles. The lowest BCUT2D eigenvalue weighted by molar-refractivity contribution is -0.114. The molecular weight excluding hydrogens is 515 g/mol. The second kappa shape index (κ2) is 10.1. The molecule has 174 valence electrons. The van der Waals surface area contributed by atoms with Crippen LogP contribution in [0, 0.1) is 6.92 Å². The Morgan fingerprint density at radius 2 is 1.68 bits per heavy atom. The van der Waals surface area contributed by atoms with Gasteiger partial charge in [-0.3, -0.25) is 14.4 Å². The first-order valence-electron chi connectivity index (χ1n) is 9.98. The fraction of sp³-hybridized carbons (Fsp3) is 0.0870. The van der Waals surface area contributed by atoms with Gasteiger partial charge in [-0.15, -0.1) is 10.2 Å². The molecule has 1 amide bonds. The van der Waals surface area contributed by atoms with E-state index >= 15 is 0 Å². The molecule has 0 aliphatic heterocycles. The summed E-state index contributed by atoms with van der Waals surface area (Å²) in [5.41, 5.74) is 1.65. The van der Waals surface area contributed by atoms with Gasteiger partial charge in [0, 0.05) is 15.6 Å². The molecule has 4 rings (SSSR count). The van der Waals surface area contributed by atoms with Crippen molar-refractivity contribution in [2.45, 2.75) is 11.8 Å². The Balaban J connectivity index is 1.61. The van der Waals surface area contributed by atoms with E-state index in [0.29, 0.717) is 26.3 Å². The van der Waals surface area contributed by atoms with Crippen LogP contribution in [0.25, 0.3) is 10.6 Å². The zero-order chi connectivity index (χ0) is 24.3. The number of hydrogen-bond donors (Lipinski definition) is 1. The van der Waals surface area contributed by atoms with E-state index in [1.807, 2.05) is 0 Å². The molecule has 1 heterocycles. The van der Waals surface area contributed by atoms with Crippen LogP contribution in [-0.4, -0.2) is 31.1 Å². The first-order chi connectivity index (χ1) is 16.3. The minimum Gasteiger partial charge on any atom is -0.299 e. The van der Waals surface area contributed by atoms with Crippen molar-refractivity contribution in [1.82, 2.24) is 10.2 Å². The van der Waals surface area contributed by atoms with E-state index in [-0.39, 0.29) is 10.0 Å². The van der Waals surface area contributed by atoms with Gasteiger partial charge in [0.2, 0.25) is 11.0 Å². The molecule has 3 aromatic carbocycles. The van der Waals surface area contributed by atoms with Gasteiger partial charge in [-0.2, -0.15) is 0 Å². The highest BCUT2D eigenvalue weighted by molar-refractivity contribution is 7.92. The summed E-state index contributed by atoms with van der Waals surface area (Å²) >= 11 is 13.3. The zero-order valence-corrected chi connectivity index (χ0v) is 20.9. The van der Waals surface area contributed by atoms with E-state index in [9.17, 15) is 13.2 Å². The summed E-state index contributed by atoms with van der Waals surface area (Å²) in [6.07, 6.45) is 0. The first-order valence-corrected chi connectivity index (χ1v) is 13.0. The van der Waals surface area contributed by atoms with E-state index < -0.39 is 22.5 Å². The third-order valence-corrected chi connectivity index (χ3v) is 8.21. The summed E-state index contributed by atoms with van der Waals surface area (Å²) < 4.78 is 28.0. The Bertz CT molecular complexity index is 1430. The van der Waals surface area contributed by atoms with Crippen molar-refractivity contribution in [3.05, 3.63) is 88.4 Å². The molecule has 0 spiro atoms. The molecule has 0 bridgehead atoms. The van der Waals surface area contributed by atoms with E-state index in [2.05, 4.69) is 15.5 Å². The molecule has 1 aromatic heterocycles. The van der Waals surface area contributed by atoms with Gasteiger partial charge in [0.25, 0.3) is 10.0 Å². The molecule has 4 aromatic rings. The van der Waals surface area contributed by atoms with Crippen LogP contribution in [-0.2, 0) is 14.8 Å². The predicted molar refractivity (Wildman–Crippen MR) is 136 cm³/mol. The minimum atomic E-state index is -4.05. The Morgan fingerprint density at radius 1 is 0.971 bits per heavy atom. The fourth-order valence-corrected chi connectivity index (χ4v) is 5.72. The van der Waals surface area contributed by atoms with Crippen molar-refractivity contribution in [1.29, 1.82) is 0 Å². The van der Waals surface area contributed by atoms with Crippen LogP contribution >= 0.6 is 34.5 Å². The number of benzene rings is 3. The zero-order valence-electron chi connectivity index (χ0n) is 17.8. The van der Waals surface area contributed by atoms with Gasteiger partial charge in [0.05, 0.1) is 10.6 Å². The third kappa shape index (κ3) is 5.23. The molecule has 0 radical (unpaired) electrons. The number of nitrogens with zero attached hydrogens (tertiary/aromatic N) is 3. The van der Waals surface area contributed by atoms with E-state index in [4.69, 9.17) is 23.2 Å². The van der Waals surface area contributed by atoms with Crippen molar-refractivity contribution in [2.75, 3.05) is 16.2 Å². The number of aromatic nitrogens is 2. The lowest BCUT2D eigenvalue weighted by Gasteiger charge is -2.25. The number of hydrogen-bond acceptors (Lipinski definition) is 6. The van der Waals surface area contributed by atoms with Gasteiger partial charge in [0.1, 0.15) is 11.6 Å². The Kier molecular flexibility index (Phi) is 7.18. The Morgan fingerprint density at radius 3 is 2.38 bits per heavy atom. The van der Waals surface area contributed by atoms with Crippen molar-refractivity contribution >= 4 is 61.3 Å². The van der Waals surface area contributed by atoms with Crippen LogP contribution < -0.4 is 9.62 Å². The van der Waals surface area contributed by atoms with E-state index in [0.717, 1.165) is 9.87 Å². The van der Waals surface area contributed by atoms with E-state index in [1.54, 1.807) is 67.6 Å². The standard InChI is InChI=1S/C23H18Cl2N4O3S2/c1-15-19(25)8-5-9-20(15)29(34(31,32)18-6-3-2-4-7-18)14-21(30)26-23-28-27-22(33-23)16-10-12-17(24)13-11-16/h2-13H,14H2,1H3,(H,26,28,30). The maximum Gasteiger partial charge on any atom is 0.264 e. The molecule has 0 fully saturated rings. The fourth-order valence-electron chi connectivity index (χ4n) is 3.16. The van der Waals surface area contributed by atoms with E-state index in [1.165, 1.54) is 23.5 Å². The molecule has 11 heteroatoms. The molecule has 0 atom stereocenters. The average Bonchev–Trinajstić information content (AvgIpc) is 3.29. The lowest BCUT2D eigenvalue weighted by atomic mass is 10.2. The second-order valence-electron chi connectivity index (χ2n) is 7.18. The van der Waals surface area contributed by atoms with Crippen molar-refractivity contribution in [3.8, 4) is 10.6 Å². The second-order valence-corrected chi connectivity index (χ2v) is 10.9. The highest BCUT2D eigenvalue weighted by atomic mass is 35.5. The Hall–Kier alpha value is -2.98. The smallest absolute Gasteiger partial charge is 0.264 e. The van der Waals surface area contributed by atoms with Crippen LogP contribution in [0.1, 0.15) is 5.56 Å². The Labute approximate surface area is 211 Å². The predicted octanol–water partition coefficient (Wildman–Crippen LogP) is 5.65. The van der Waals surface area contributed by atoms with Gasteiger partial charge in [-0.05, 0) is 48.9 Å². The number of amides is 1. The van der Waals surface area contributed by atoms with Crippen LogP contribution in [0.5, 0.6) is 0 Å². The van der Waals surface area contributed by atoms with Crippen molar-refractivity contribution < 1.29 is 13.2 Å². The molecular formula is C23H18Cl2N4O3S2. The first kappa shape index (κ1) is 24.2. The van der Waals surface area contributed by atoms with Crippen molar-refractivity contribution in [3.63, 3.8) is 0 Å². The number of carbonyl (C=O) groups excluding carboxylic acids is 1. The molecule has 0 unspecified atom stereocenters. The van der Waals surface area contributed by atoms with Crippen LogP contribution in [0.3, 0.4) is 0 Å². The number of nitrogens with one attached hydrogen (secondary N) is 1. The molecule has 0 aliphatic carbocycles. The van der Waals surface area contributed by atoms with Gasteiger partial charge in [-0.1, -0.05) is 70.9 Å². The lowest BCUT2D eigenvalue weighted by Crippen LogP contribution is -2.38. The van der Waals surface area contributed by atoms with Gasteiger partial charge in [0.15, 0.2) is 0 Å². The number of carbonyl (C=O) groups is 1. The quantitative estimate of drug-likeness (QED) is 0.331. The molecule has 34 heavy (non-hydrogen) atoms. The summed E-state index contributed by atoms with van der Waals surface area (Å²) in [6.45, 7) is 1.22. The molecule has 0 aliphatic rings. The van der Waals surface area contributed by atoms with Gasteiger partial charge in [-0.25, -0.2) is 8.42 Å².